The number of ether oxygens (including phenoxy) is 1. The van der Waals surface area contributed by atoms with Crippen molar-refractivity contribution >= 4 is 39.1 Å². The summed E-state index contributed by atoms with van der Waals surface area (Å²) in [5.41, 5.74) is 0.490. The van der Waals surface area contributed by atoms with Gasteiger partial charge in [0.25, 0.3) is 5.56 Å². The van der Waals surface area contributed by atoms with Gasteiger partial charge in [-0.3, -0.25) is 4.79 Å². The van der Waals surface area contributed by atoms with E-state index in [2.05, 4.69) is 0 Å². The second-order valence-electron chi connectivity index (χ2n) is 4.87. The van der Waals surface area contributed by atoms with E-state index in [9.17, 15) is 14.7 Å². The van der Waals surface area contributed by atoms with Gasteiger partial charge in [0.2, 0.25) is 0 Å². The van der Waals surface area contributed by atoms with E-state index < -0.39 is 17.1 Å². The molecule has 5 nitrogen and oxygen atoms in total. The minimum absolute atomic E-state index is 0.00141. The van der Waals surface area contributed by atoms with E-state index in [-0.39, 0.29) is 11.6 Å². The first-order chi connectivity index (χ1) is 11.0. The number of aromatic carboxylic acids is 1. The summed E-state index contributed by atoms with van der Waals surface area (Å²) in [5.74, 6) is -0.608. The third-order valence-electron chi connectivity index (χ3n) is 3.53. The predicted octanol–water partition coefficient (Wildman–Crippen LogP) is 3.47. The van der Waals surface area contributed by atoms with Crippen LogP contribution in [0.2, 0.25) is 5.02 Å². The minimum Gasteiger partial charge on any atom is -0.497 e. The lowest BCUT2D eigenvalue weighted by Crippen LogP contribution is -2.27. The number of rotatable bonds is 4. The van der Waals surface area contributed by atoms with Crippen molar-refractivity contribution in [2.75, 3.05) is 7.11 Å². The van der Waals surface area contributed by atoms with E-state index in [4.69, 9.17) is 16.3 Å². The summed E-state index contributed by atoms with van der Waals surface area (Å²) < 4.78 is 7.13. The van der Waals surface area contributed by atoms with Crippen LogP contribution < -0.4 is 10.3 Å². The summed E-state index contributed by atoms with van der Waals surface area (Å²) in [7, 11) is 1.58. The number of benzene rings is 1. The third-order valence-corrected chi connectivity index (χ3v) is 4.94. The van der Waals surface area contributed by atoms with Crippen LogP contribution in [0.5, 0.6) is 5.75 Å². The third kappa shape index (κ3) is 2.71. The van der Waals surface area contributed by atoms with Crippen LogP contribution in [-0.4, -0.2) is 22.8 Å². The van der Waals surface area contributed by atoms with Crippen molar-refractivity contribution in [1.82, 2.24) is 4.57 Å². The van der Waals surface area contributed by atoms with Crippen LogP contribution in [0, 0.1) is 0 Å². The summed E-state index contributed by atoms with van der Waals surface area (Å²) in [4.78, 5) is 23.9. The monoisotopic (exact) mass is 349 g/mol. The minimum atomic E-state index is -1.32. The van der Waals surface area contributed by atoms with Gasteiger partial charge in [0.15, 0.2) is 0 Å². The molecule has 7 heteroatoms. The van der Waals surface area contributed by atoms with E-state index in [1.807, 2.05) is 12.1 Å². The Hall–Kier alpha value is -2.31. The molecule has 0 aliphatic heterocycles. The molecular weight excluding hydrogens is 338 g/mol. The molecule has 0 aliphatic rings. The molecule has 0 amide bonds. The number of carboxylic acids is 1. The molecule has 0 atom stereocenters. The first kappa shape index (κ1) is 15.6. The van der Waals surface area contributed by atoms with Crippen molar-refractivity contribution in [3.63, 3.8) is 0 Å². The SMILES string of the molecule is COc1ccc(Cn2c(=O)c(C(=O)O)c(Cl)c3sccc32)cc1. The number of pyridine rings is 1. The molecule has 3 aromatic rings. The Balaban J connectivity index is 2.17. The molecule has 0 bridgehead atoms. The summed E-state index contributed by atoms with van der Waals surface area (Å²) in [6.45, 7) is 0.257. The Morgan fingerprint density at radius 1 is 1.30 bits per heavy atom. The Morgan fingerprint density at radius 2 is 2.00 bits per heavy atom. The van der Waals surface area contributed by atoms with Crippen LogP contribution >= 0.6 is 22.9 Å². The standard InChI is InChI=1S/C16H12ClNO4S/c1-22-10-4-2-9(3-5-10)8-18-11-6-7-23-14(11)13(17)12(15(18)19)16(20)21/h2-7H,8H2,1H3,(H,20,21). The number of hydrogen-bond donors (Lipinski definition) is 1. The highest BCUT2D eigenvalue weighted by atomic mass is 35.5. The Bertz CT molecular complexity index is 943. The first-order valence-electron chi connectivity index (χ1n) is 6.68. The van der Waals surface area contributed by atoms with E-state index in [1.54, 1.807) is 30.7 Å². The fourth-order valence-electron chi connectivity index (χ4n) is 2.39. The topological polar surface area (TPSA) is 68.5 Å². The van der Waals surface area contributed by atoms with Crippen LogP contribution in [0.25, 0.3) is 10.2 Å². The van der Waals surface area contributed by atoms with E-state index in [0.717, 1.165) is 5.56 Å². The molecule has 0 radical (unpaired) electrons. The molecule has 23 heavy (non-hydrogen) atoms. The molecule has 1 N–H and O–H groups in total. The van der Waals surface area contributed by atoms with Crippen molar-refractivity contribution in [2.24, 2.45) is 0 Å². The molecule has 0 unspecified atom stereocenters. The summed E-state index contributed by atoms with van der Waals surface area (Å²) in [5, 5.41) is 11.1. The van der Waals surface area contributed by atoms with E-state index in [1.165, 1.54) is 15.9 Å². The maximum atomic E-state index is 12.5. The average Bonchev–Trinajstić information content (AvgIpc) is 3.01. The lowest BCUT2D eigenvalue weighted by Gasteiger charge is -2.11. The molecule has 0 fully saturated rings. The van der Waals surface area contributed by atoms with Crippen LogP contribution in [-0.2, 0) is 6.54 Å². The highest BCUT2D eigenvalue weighted by Crippen LogP contribution is 2.30. The number of halogens is 1. The Labute approximate surface area is 140 Å². The van der Waals surface area contributed by atoms with Crippen LogP contribution in [0.15, 0.2) is 40.5 Å². The summed E-state index contributed by atoms with van der Waals surface area (Å²) in [6, 6.07) is 9.01. The van der Waals surface area contributed by atoms with Gasteiger partial charge in [-0.2, -0.15) is 0 Å². The van der Waals surface area contributed by atoms with Gasteiger partial charge < -0.3 is 14.4 Å². The second-order valence-corrected chi connectivity index (χ2v) is 6.16. The van der Waals surface area contributed by atoms with E-state index in [0.29, 0.717) is 16.0 Å². The number of aromatic nitrogens is 1. The fraction of sp³-hybridized carbons (Fsp3) is 0.125. The van der Waals surface area contributed by atoms with Crippen molar-refractivity contribution in [3.8, 4) is 5.75 Å². The summed E-state index contributed by atoms with van der Waals surface area (Å²) >= 11 is 7.41. The molecule has 0 spiro atoms. The number of carbonyl (C=O) groups is 1. The zero-order valence-electron chi connectivity index (χ0n) is 12.1. The van der Waals surface area contributed by atoms with Crippen LogP contribution in [0.3, 0.4) is 0 Å². The Kier molecular flexibility index (Phi) is 4.11. The molecule has 2 heterocycles. The quantitative estimate of drug-likeness (QED) is 0.783. The predicted molar refractivity (Wildman–Crippen MR) is 90.2 cm³/mol. The largest absolute Gasteiger partial charge is 0.497 e. The molecule has 0 saturated carbocycles. The van der Waals surface area contributed by atoms with Gasteiger partial charge in [0.1, 0.15) is 11.3 Å². The maximum Gasteiger partial charge on any atom is 0.342 e. The maximum absolute atomic E-state index is 12.5. The molecular formula is C16H12ClNO4S. The zero-order valence-corrected chi connectivity index (χ0v) is 13.6. The van der Waals surface area contributed by atoms with Gasteiger partial charge in [0, 0.05) is 0 Å². The van der Waals surface area contributed by atoms with Gasteiger partial charge in [-0.25, -0.2) is 4.79 Å². The molecule has 118 valence electrons. The number of thiophene rings is 1. The second kappa shape index (κ2) is 6.06. The van der Waals surface area contributed by atoms with Gasteiger partial charge in [-0.1, -0.05) is 23.7 Å². The molecule has 0 aliphatic carbocycles. The fourth-order valence-corrected chi connectivity index (χ4v) is 3.62. The number of fused-ring (bicyclic) bond motifs is 1. The molecule has 0 saturated heterocycles. The lowest BCUT2D eigenvalue weighted by molar-refractivity contribution is 0.0695. The summed E-state index contributed by atoms with van der Waals surface area (Å²) in [6.07, 6.45) is 0. The zero-order chi connectivity index (χ0) is 16.6. The highest BCUT2D eigenvalue weighted by molar-refractivity contribution is 7.17. The number of carboxylic acid groups (broad SMARTS) is 1. The molecule has 3 rings (SSSR count). The van der Waals surface area contributed by atoms with E-state index >= 15 is 0 Å². The lowest BCUT2D eigenvalue weighted by atomic mass is 10.2. The first-order valence-corrected chi connectivity index (χ1v) is 7.94. The Morgan fingerprint density at radius 3 is 2.61 bits per heavy atom. The smallest absolute Gasteiger partial charge is 0.342 e. The van der Waals surface area contributed by atoms with Crippen molar-refractivity contribution in [2.45, 2.75) is 6.54 Å². The van der Waals surface area contributed by atoms with Gasteiger partial charge in [-0.15, -0.1) is 11.3 Å². The van der Waals surface area contributed by atoms with Gasteiger partial charge in [-0.05, 0) is 29.1 Å². The molecule has 1 aromatic carbocycles. The van der Waals surface area contributed by atoms with Crippen molar-refractivity contribution in [1.29, 1.82) is 0 Å². The van der Waals surface area contributed by atoms with Crippen LogP contribution in [0.4, 0.5) is 0 Å². The molecule has 2 aromatic heterocycles. The van der Waals surface area contributed by atoms with Crippen molar-refractivity contribution in [3.05, 3.63) is 62.2 Å². The van der Waals surface area contributed by atoms with Gasteiger partial charge >= 0.3 is 5.97 Å². The highest BCUT2D eigenvalue weighted by Gasteiger charge is 2.21. The van der Waals surface area contributed by atoms with Crippen LogP contribution in [0.1, 0.15) is 15.9 Å². The number of nitrogens with zero attached hydrogens (tertiary/aromatic N) is 1. The number of methoxy groups -OCH3 is 1. The normalized spacial score (nSPS) is 10.9. The number of hydrogen-bond acceptors (Lipinski definition) is 4. The average molecular weight is 350 g/mol. The van der Waals surface area contributed by atoms with Gasteiger partial charge in [0.05, 0.1) is 28.9 Å². The van der Waals surface area contributed by atoms with Crippen molar-refractivity contribution < 1.29 is 14.6 Å².